The number of thioether (sulfide) groups is 1. The second-order valence-corrected chi connectivity index (χ2v) is 8.03. The molecule has 8 heteroatoms. The Labute approximate surface area is 164 Å². The highest BCUT2D eigenvalue weighted by atomic mass is 32.2. The SMILES string of the molecule is Cc1ccc2nc(NC(=O)CSc3nnc(-c4ccccc4)n3C)sc2c1. The number of amides is 1. The summed E-state index contributed by atoms with van der Waals surface area (Å²) in [6, 6.07) is 15.9. The van der Waals surface area contributed by atoms with Gasteiger partial charge in [-0.05, 0) is 24.6 Å². The van der Waals surface area contributed by atoms with Gasteiger partial charge in [0.2, 0.25) is 5.91 Å². The Balaban J connectivity index is 1.41. The molecule has 0 aliphatic heterocycles. The van der Waals surface area contributed by atoms with E-state index in [4.69, 9.17) is 0 Å². The number of carbonyl (C=O) groups excluding carboxylic acids is 1. The molecular weight excluding hydrogens is 378 g/mol. The number of aromatic nitrogens is 4. The summed E-state index contributed by atoms with van der Waals surface area (Å²) in [5.41, 5.74) is 3.07. The maximum atomic E-state index is 12.3. The molecule has 0 saturated carbocycles. The van der Waals surface area contributed by atoms with E-state index in [-0.39, 0.29) is 11.7 Å². The van der Waals surface area contributed by atoms with Gasteiger partial charge in [0, 0.05) is 12.6 Å². The van der Waals surface area contributed by atoms with Crippen molar-refractivity contribution in [3.8, 4) is 11.4 Å². The molecule has 0 fully saturated rings. The van der Waals surface area contributed by atoms with Crippen LogP contribution in [0.2, 0.25) is 0 Å². The molecule has 27 heavy (non-hydrogen) atoms. The van der Waals surface area contributed by atoms with Crippen molar-refractivity contribution in [3.63, 3.8) is 0 Å². The molecule has 2 heterocycles. The predicted octanol–water partition coefficient (Wildman–Crippen LogP) is 4.13. The van der Waals surface area contributed by atoms with Crippen LogP contribution < -0.4 is 5.32 Å². The lowest BCUT2D eigenvalue weighted by Gasteiger charge is -2.04. The van der Waals surface area contributed by atoms with Crippen LogP contribution in [0.1, 0.15) is 5.56 Å². The van der Waals surface area contributed by atoms with Gasteiger partial charge in [0.1, 0.15) is 0 Å². The molecule has 6 nitrogen and oxygen atoms in total. The van der Waals surface area contributed by atoms with E-state index >= 15 is 0 Å². The van der Waals surface area contributed by atoms with Gasteiger partial charge in [-0.15, -0.1) is 10.2 Å². The lowest BCUT2D eigenvalue weighted by Crippen LogP contribution is -2.14. The van der Waals surface area contributed by atoms with E-state index in [1.54, 1.807) is 0 Å². The van der Waals surface area contributed by atoms with Gasteiger partial charge >= 0.3 is 0 Å². The van der Waals surface area contributed by atoms with Crippen LogP contribution in [0.3, 0.4) is 0 Å². The summed E-state index contributed by atoms with van der Waals surface area (Å²) in [6.07, 6.45) is 0. The van der Waals surface area contributed by atoms with E-state index in [9.17, 15) is 4.79 Å². The van der Waals surface area contributed by atoms with Crippen LogP contribution in [0.5, 0.6) is 0 Å². The lowest BCUT2D eigenvalue weighted by molar-refractivity contribution is -0.113. The fourth-order valence-electron chi connectivity index (χ4n) is 2.65. The summed E-state index contributed by atoms with van der Waals surface area (Å²) < 4.78 is 2.96. The van der Waals surface area contributed by atoms with E-state index in [1.165, 1.54) is 28.7 Å². The Morgan fingerprint density at radius 2 is 2.00 bits per heavy atom. The number of carbonyl (C=O) groups is 1. The Morgan fingerprint density at radius 3 is 2.81 bits per heavy atom. The van der Waals surface area contributed by atoms with E-state index < -0.39 is 0 Å². The van der Waals surface area contributed by atoms with Crippen molar-refractivity contribution >= 4 is 44.4 Å². The average Bonchev–Trinajstić information content (AvgIpc) is 3.23. The highest BCUT2D eigenvalue weighted by Crippen LogP contribution is 2.27. The van der Waals surface area contributed by atoms with Crippen molar-refractivity contribution in [1.82, 2.24) is 19.7 Å². The van der Waals surface area contributed by atoms with Crippen LogP contribution in [0.25, 0.3) is 21.6 Å². The predicted molar refractivity (Wildman–Crippen MR) is 110 cm³/mol. The topological polar surface area (TPSA) is 72.7 Å². The summed E-state index contributed by atoms with van der Waals surface area (Å²) in [6.45, 7) is 2.04. The van der Waals surface area contributed by atoms with Crippen LogP contribution in [0, 0.1) is 6.92 Å². The third-order valence-electron chi connectivity index (χ3n) is 3.99. The Morgan fingerprint density at radius 1 is 1.19 bits per heavy atom. The second kappa shape index (κ2) is 7.50. The highest BCUT2D eigenvalue weighted by molar-refractivity contribution is 7.99. The van der Waals surface area contributed by atoms with Crippen molar-refractivity contribution in [2.45, 2.75) is 12.1 Å². The molecule has 2 aromatic heterocycles. The van der Waals surface area contributed by atoms with Crippen LogP contribution >= 0.6 is 23.1 Å². The summed E-state index contributed by atoms with van der Waals surface area (Å²) in [4.78, 5) is 16.7. The van der Waals surface area contributed by atoms with Gasteiger partial charge in [-0.3, -0.25) is 4.79 Å². The largest absolute Gasteiger partial charge is 0.305 e. The standard InChI is InChI=1S/C19H17N5OS2/c1-12-8-9-14-15(10-12)27-18(20-14)21-16(25)11-26-19-23-22-17(24(19)2)13-6-4-3-5-7-13/h3-10H,11H2,1-2H3,(H,20,21,25). The monoisotopic (exact) mass is 395 g/mol. The molecule has 0 atom stereocenters. The number of hydrogen-bond donors (Lipinski definition) is 1. The number of benzene rings is 2. The fourth-order valence-corrected chi connectivity index (χ4v) is 4.34. The minimum absolute atomic E-state index is 0.111. The van der Waals surface area contributed by atoms with Gasteiger partial charge in [0.05, 0.1) is 16.0 Å². The first-order valence-corrected chi connectivity index (χ1v) is 10.1. The summed E-state index contributed by atoms with van der Waals surface area (Å²) in [5, 5.41) is 12.6. The smallest absolute Gasteiger partial charge is 0.236 e. The number of fused-ring (bicyclic) bond motifs is 1. The molecule has 4 rings (SSSR count). The number of hydrogen-bond acceptors (Lipinski definition) is 6. The lowest BCUT2D eigenvalue weighted by atomic mass is 10.2. The van der Waals surface area contributed by atoms with E-state index in [1.807, 2.05) is 61.0 Å². The summed E-state index contributed by atoms with van der Waals surface area (Å²) in [7, 11) is 1.90. The first-order valence-electron chi connectivity index (χ1n) is 8.35. The van der Waals surface area contributed by atoms with Crippen molar-refractivity contribution in [3.05, 3.63) is 54.1 Å². The van der Waals surface area contributed by atoms with Crippen LogP contribution in [0.4, 0.5) is 5.13 Å². The summed E-state index contributed by atoms with van der Waals surface area (Å²) >= 11 is 2.83. The molecule has 2 aromatic carbocycles. The number of aryl methyl sites for hydroxylation is 1. The molecule has 4 aromatic rings. The summed E-state index contributed by atoms with van der Waals surface area (Å²) in [5.74, 6) is 0.913. The molecule has 0 spiro atoms. The zero-order chi connectivity index (χ0) is 18.8. The van der Waals surface area contributed by atoms with Gasteiger partial charge in [-0.2, -0.15) is 0 Å². The molecule has 0 radical (unpaired) electrons. The molecule has 0 saturated heterocycles. The maximum Gasteiger partial charge on any atom is 0.236 e. The number of nitrogens with one attached hydrogen (secondary N) is 1. The van der Waals surface area contributed by atoms with Crippen molar-refractivity contribution in [2.75, 3.05) is 11.1 Å². The molecule has 0 aliphatic rings. The van der Waals surface area contributed by atoms with Crippen molar-refractivity contribution in [2.24, 2.45) is 7.05 Å². The third-order valence-corrected chi connectivity index (χ3v) is 5.94. The molecule has 0 bridgehead atoms. The molecular formula is C19H17N5OS2. The van der Waals surface area contributed by atoms with Crippen LogP contribution in [-0.2, 0) is 11.8 Å². The molecule has 0 unspecified atom stereocenters. The minimum Gasteiger partial charge on any atom is -0.305 e. The Bertz CT molecular complexity index is 1100. The number of rotatable bonds is 5. The first kappa shape index (κ1) is 17.7. The zero-order valence-electron chi connectivity index (χ0n) is 14.8. The molecule has 1 amide bonds. The van der Waals surface area contributed by atoms with Gasteiger partial charge < -0.3 is 9.88 Å². The van der Waals surface area contributed by atoms with E-state index in [0.29, 0.717) is 10.3 Å². The van der Waals surface area contributed by atoms with Gasteiger partial charge in [-0.25, -0.2) is 4.98 Å². The van der Waals surface area contributed by atoms with Crippen molar-refractivity contribution in [1.29, 1.82) is 0 Å². The van der Waals surface area contributed by atoms with E-state index in [0.717, 1.165) is 21.6 Å². The maximum absolute atomic E-state index is 12.3. The minimum atomic E-state index is -0.111. The Hall–Kier alpha value is -2.71. The van der Waals surface area contributed by atoms with E-state index in [2.05, 4.69) is 26.6 Å². The van der Waals surface area contributed by atoms with Gasteiger partial charge in [0.25, 0.3) is 0 Å². The second-order valence-electron chi connectivity index (χ2n) is 6.06. The average molecular weight is 396 g/mol. The van der Waals surface area contributed by atoms with Crippen LogP contribution in [-0.4, -0.2) is 31.4 Å². The van der Waals surface area contributed by atoms with Crippen molar-refractivity contribution < 1.29 is 4.79 Å². The number of nitrogens with zero attached hydrogens (tertiary/aromatic N) is 4. The molecule has 0 aliphatic carbocycles. The van der Waals surface area contributed by atoms with Gasteiger partial charge in [0.15, 0.2) is 16.1 Å². The molecule has 136 valence electrons. The zero-order valence-corrected chi connectivity index (χ0v) is 16.5. The third kappa shape index (κ3) is 3.86. The number of thiazole rings is 1. The normalized spacial score (nSPS) is 11.0. The Kier molecular flexibility index (Phi) is 4.91. The molecule has 1 N–H and O–H groups in total. The fraction of sp³-hybridized carbons (Fsp3) is 0.158. The quantitative estimate of drug-likeness (QED) is 0.514. The highest BCUT2D eigenvalue weighted by Gasteiger charge is 2.14. The van der Waals surface area contributed by atoms with Gasteiger partial charge in [-0.1, -0.05) is 59.5 Å². The number of anilines is 1. The van der Waals surface area contributed by atoms with Crippen LogP contribution in [0.15, 0.2) is 53.7 Å². The first-order chi connectivity index (χ1) is 13.1.